The topological polar surface area (TPSA) is 72.7 Å². The molecule has 7 heteroatoms. The number of thioether (sulfide) groups is 1. The van der Waals surface area contributed by atoms with Crippen molar-refractivity contribution in [2.75, 3.05) is 11.1 Å². The Morgan fingerprint density at radius 3 is 2.63 bits per heavy atom. The lowest BCUT2D eigenvalue weighted by Gasteiger charge is -2.07. The van der Waals surface area contributed by atoms with Crippen LogP contribution in [0.2, 0.25) is 0 Å². The van der Waals surface area contributed by atoms with Crippen molar-refractivity contribution in [3.8, 4) is 0 Å². The van der Waals surface area contributed by atoms with Crippen molar-refractivity contribution in [3.05, 3.63) is 53.6 Å². The molecule has 0 aliphatic rings. The molecule has 2 heterocycles. The second kappa shape index (κ2) is 7.00. The number of carbonyl (C=O) groups is 1. The fourth-order valence-corrected chi connectivity index (χ4v) is 3.81. The molecular formula is C20H19N5OS. The first-order chi connectivity index (χ1) is 13.0. The maximum Gasteiger partial charge on any atom is 0.234 e. The summed E-state index contributed by atoms with van der Waals surface area (Å²) in [5.74, 6) is 0.134. The molecule has 0 spiro atoms. The molecule has 0 fully saturated rings. The second-order valence-corrected chi connectivity index (χ2v) is 7.50. The molecule has 0 saturated heterocycles. The molecule has 4 rings (SSSR count). The van der Waals surface area contributed by atoms with Crippen molar-refractivity contribution in [1.82, 2.24) is 19.7 Å². The van der Waals surface area contributed by atoms with Crippen molar-refractivity contribution in [2.45, 2.75) is 19.0 Å². The van der Waals surface area contributed by atoms with E-state index in [0.29, 0.717) is 5.16 Å². The fraction of sp³-hybridized carbons (Fsp3) is 0.200. The number of benzene rings is 2. The number of para-hydroxylation sites is 1. The Bertz CT molecular complexity index is 1150. The van der Waals surface area contributed by atoms with Gasteiger partial charge in [0.25, 0.3) is 0 Å². The van der Waals surface area contributed by atoms with Gasteiger partial charge in [-0.3, -0.25) is 4.79 Å². The van der Waals surface area contributed by atoms with E-state index in [1.54, 1.807) is 0 Å². The zero-order valence-electron chi connectivity index (χ0n) is 15.4. The summed E-state index contributed by atoms with van der Waals surface area (Å²) in [4.78, 5) is 16.9. The molecule has 0 bridgehead atoms. The maximum absolute atomic E-state index is 12.3. The molecule has 2 aromatic heterocycles. The SMILES string of the molecule is Cc1cc(C)cc(NC(=O)CSc2nnc3c4ccccc4n(C)c3n2)c1. The molecule has 6 nitrogen and oxygen atoms in total. The fourth-order valence-electron chi connectivity index (χ4n) is 3.23. The lowest BCUT2D eigenvalue weighted by Crippen LogP contribution is -2.14. The Kier molecular flexibility index (Phi) is 4.53. The summed E-state index contributed by atoms with van der Waals surface area (Å²) in [6, 6.07) is 14.0. The van der Waals surface area contributed by atoms with Crippen LogP contribution in [0.4, 0.5) is 5.69 Å². The number of hydrogen-bond acceptors (Lipinski definition) is 5. The number of hydrogen-bond donors (Lipinski definition) is 1. The van der Waals surface area contributed by atoms with Crippen molar-refractivity contribution < 1.29 is 4.79 Å². The van der Waals surface area contributed by atoms with Crippen molar-refractivity contribution in [1.29, 1.82) is 0 Å². The molecule has 27 heavy (non-hydrogen) atoms. The maximum atomic E-state index is 12.3. The lowest BCUT2D eigenvalue weighted by atomic mass is 10.1. The zero-order valence-corrected chi connectivity index (χ0v) is 16.2. The molecule has 0 radical (unpaired) electrons. The molecule has 2 aromatic carbocycles. The molecule has 1 amide bonds. The number of rotatable bonds is 4. The van der Waals surface area contributed by atoms with Gasteiger partial charge in [0.05, 0.1) is 11.3 Å². The highest BCUT2D eigenvalue weighted by atomic mass is 32.2. The smallest absolute Gasteiger partial charge is 0.234 e. The average molecular weight is 377 g/mol. The van der Waals surface area contributed by atoms with Crippen LogP contribution in [0.25, 0.3) is 22.1 Å². The number of aryl methyl sites for hydroxylation is 3. The van der Waals surface area contributed by atoms with Crippen LogP contribution in [-0.2, 0) is 11.8 Å². The predicted molar refractivity (Wildman–Crippen MR) is 109 cm³/mol. The quantitative estimate of drug-likeness (QED) is 0.547. The second-order valence-electron chi connectivity index (χ2n) is 6.56. The van der Waals surface area contributed by atoms with Gasteiger partial charge in [-0.15, -0.1) is 10.2 Å². The third kappa shape index (κ3) is 3.50. The summed E-state index contributed by atoms with van der Waals surface area (Å²) >= 11 is 1.28. The van der Waals surface area contributed by atoms with Crippen LogP contribution in [0.5, 0.6) is 0 Å². The first-order valence-electron chi connectivity index (χ1n) is 8.60. The Morgan fingerprint density at radius 2 is 1.85 bits per heavy atom. The van der Waals surface area contributed by atoms with Gasteiger partial charge in [-0.2, -0.15) is 0 Å². The molecule has 0 aliphatic heterocycles. The molecule has 136 valence electrons. The number of fused-ring (bicyclic) bond motifs is 3. The number of anilines is 1. The predicted octanol–water partition coefficient (Wildman–Crippen LogP) is 3.86. The van der Waals surface area contributed by atoms with Gasteiger partial charge in [-0.1, -0.05) is 36.0 Å². The minimum atomic E-state index is -0.0919. The van der Waals surface area contributed by atoms with E-state index < -0.39 is 0 Å². The first-order valence-corrected chi connectivity index (χ1v) is 9.58. The van der Waals surface area contributed by atoms with Crippen LogP contribution >= 0.6 is 11.8 Å². The monoisotopic (exact) mass is 377 g/mol. The normalized spacial score (nSPS) is 11.2. The highest BCUT2D eigenvalue weighted by Crippen LogP contribution is 2.26. The van der Waals surface area contributed by atoms with E-state index >= 15 is 0 Å². The van der Waals surface area contributed by atoms with Crippen molar-refractivity contribution in [3.63, 3.8) is 0 Å². The largest absolute Gasteiger partial charge is 0.327 e. The van der Waals surface area contributed by atoms with Gasteiger partial charge in [0.15, 0.2) is 5.65 Å². The third-order valence-electron chi connectivity index (χ3n) is 4.32. The number of nitrogens with one attached hydrogen (secondary N) is 1. The molecule has 0 atom stereocenters. The van der Waals surface area contributed by atoms with Crippen LogP contribution < -0.4 is 5.32 Å². The highest BCUT2D eigenvalue weighted by Gasteiger charge is 2.13. The number of nitrogens with zero attached hydrogens (tertiary/aromatic N) is 4. The Morgan fingerprint density at radius 1 is 1.11 bits per heavy atom. The number of aromatic nitrogens is 4. The molecule has 0 saturated carbocycles. The minimum Gasteiger partial charge on any atom is -0.327 e. The van der Waals surface area contributed by atoms with Gasteiger partial charge in [0.1, 0.15) is 5.52 Å². The van der Waals surface area contributed by atoms with Crippen LogP contribution in [0.15, 0.2) is 47.6 Å². The Balaban J connectivity index is 1.51. The molecule has 1 N–H and O–H groups in total. The van der Waals surface area contributed by atoms with Crippen LogP contribution in [-0.4, -0.2) is 31.4 Å². The number of amides is 1. The van der Waals surface area contributed by atoms with Crippen LogP contribution in [0, 0.1) is 13.8 Å². The van der Waals surface area contributed by atoms with Gasteiger partial charge >= 0.3 is 0 Å². The van der Waals surface area contributed by atoms with E-state index in [1.165, 1.54) is 11.8 Å². The summed E-state index contributed by atoms with van der Waals surface area (Å²) in [5, 5.41) is 13.0. The van der Waals surface area contributed by atoms with Gasteiger partial charge in [0, 0.05) is 18.1 Å². The van der Waals surface area contributed by atoms with Gasteiger partial charge in [0.2, 0.25) is 11.1 Å². The molecule has 0 aliphatic carbocycles. The minimum absolute atomic E-state index is 0.0919. The zero-order chi connectivity index (χ0) is 19.0. The summed E-state index contributed by atoms with van der Waals surface area (Å²) in [5.41, 5.74) is 5.64. The van der Waals surface area contributed by atoms with Gasteiger partial charge in [-0.05, 0) is 43.2 Å². The number of carbonyl (C=O) groups excluding carboxylic acids is 1. The molecule has 0 unspecified atom stereocenters. The van der Waals surface area contributed by atoms with Crippen molar-refractivity contribution in [2.24, 2.45) is 7.05 Å². The Hall–Kier alpha value is -2.93. The van der Waals surface area contributed by atoms with Gasteiger partial charge < -0.3 is 9.88 Å². The lowest BCUT2D eigenvalue weighted by molar-refractivity contribution is -0.113. The molecular weight excluding hydrogens is 358 g/mol. The first kappa shape index (κ1) is 17.5. The van der Waals surface area contributed by atoms with E-state index in [1.807, 2.05) is 61.9 Å². The van der Waals surface area contributed by atoms with E-state index in [9.17, 15) is 4.79 Å². The standard InChI is InChI=1S/C20H19N5OS/c1-12-8-13(2)10-14(9-12)21-17(26)11-27-20-22-19-18(23-24-20)15-6-4-5-7-16(15)25(19)3/h4-10H,11H2,1-3H3,(H,21,26). The summed E-state index contributed by atoms with van der Waals surface area (Å²) in [7, 11) is 1.96. The third-order valence-corrected chi connectivity index (χ3v) is 5.16. The molecule has 4 aromatic rings. The Labute approximate surface area is 161 Å². The van der Waals surface area contributed by atoms with E-state index in [4.69, 9.17) is 0 Å². The van der Waals surface area contributed by atoms with Crippen molar-refractivity contribution >= 4 is 45.4 Å². The summed E-state index contributed by atoms with van der Waals surface area (Å²) in [6.07, 6.45) is 0. The van der Waals surface area contributed by atoms with E-state index in [-0.39, 0.29) is 11.7 Å². The van der Waals surface area contributed by atoms with E-state index in [2.05, 4.69) is 26.6 Å². The summed E-state index contributed by atoms with van der Waals surface area (Å²) < 4.78 is 2.00. The van der Waals surface area contributed by atoms with Crippen LogP contribution in [0.3, 0.4) is 0 Å². The highest BCUT2D eigenvalue weighted by molar-refractivity contribution is 7.99. The van der Waals surface area contributed by atoms with E-state index in [0.717, 1.165) is 38.9 Å². The van der Waals surface area contributed by atoms with Gasteiger partial charge in [-0.25, -0.2) is 4.98 Å². The van der Waals surface area contributed by atoms with Crippen LogP contribution in [0.1, 0.15) is 11.1 Å². The average Bonchev–Trinajstić information content (AvgIpc) is 2.92. The summed E-state index contributed by atoms with van der Waals surface area (Å²) in [6.45, 7) is 4.02.